The van der Waals surface area contributed by atoms with Gasteiger partial charge < -0.3 is 16.0 Å². The topological polar surface area (TPSA) is 74.8 Å². The molecule has 0 spiro atoms. The molecule has 0 aliphatic carbocycles. The predicted molar refractivity (Wildman–Crippen MR) is 48.5 cm³/mol. The Labute approximate surface area is 70.8 Å². The zero-order chi connectivity index (χ0) is 8.97. The number of aromatic nitrogens is 3. The summed E-state index contributed by atoms with van der Waals surface area (Å²) in [6.07, 6.45) is 0. The summed E-state index contributed by atoms with van der Waals surface area (Å²) in [6.45, 7) is 0. The van der Waals surface area contributed by atoms with Crippen LogP contribution in [0.15, 0.2) is 0 Å². The number of nitrogens with zero attached hydrogens (tertiary/aromatic N) is 3. The lowest BCUT2D eigenvalue weighted by atomic mass is 10.4. The minimum atomic E-state index is 0.678. The van der Waals surface area contributed by atoms with Crippen molar-refractivity contribution in [3.8, 4) is 0 Å². The predicted octanol–water partition coefficient (Wildman–Crippen LogP) is -0.00330. The van der Waals surface area contributed by atoms with Gasteiger partial charge in [-0.25, -0.2) is 0 Å². The van der Waals surface area contributed by atoms with E-state index in [1.54, 1.807) is 21.1 Å². The minimum Gasteiger partial charge on any atom is -0.382 e. The Balaban J connectivity index is 3.13. The first-order valence-electron chi connectivity index (χ1n) is 3.60. The zero-order valence-electron chi connectivity index (χ0n) is 7.34. The van der Waals surface area contributed by atoms with Crippen LogP contribution in [0.5, 0.6) is 0 Å². The number of nitrogens with one attached hydrogen (secondary N) is 3. The normalized spacial score (nSPS) is 9.25. The Morgan fingerprint density at radius 2 is 1.33 bits per heavy atom. The Kier molecular flexibility index (Phi) is 2.62. The van der Waals surface area contributed by atoms with Gasteiger partial charge in [-0.05, 0) is 5.21 Å². The van der Waals surface area contributed by atoms with Gasteiger partial charge in [0.2, 0.25) is 0 Å². The molecule has 1 aromatic rings. The fraction of sp³-hybridized carbons (Fsp3) is 0.500. The third-order valence-electron chi connectivity index (χ3n) is 1.49. The van der Waals surface area contributed by atoms with Crippen molar-refractivity contribution in [2.75, 3.05) is 37.1 Å². The molecule has 0 saturated carbocycles. The van der Waals surface area contributed by atoms with E-state index >= 15 is 0 Å². The largest absolute Gasteiger partial charge is 0.382 e. The molecular formula is C6H12N6. The van der Waals surface area contributed by atoms with Crippen molar-refractivity contribution >= 4 is 17.3 Å². The highest BCUT2D eigenvalue weighted by Gasteiger charge is 2.07. The third-order valence-corrected chi connectivity index (χ3v) is 1.49. The Hall–Kier alpha value is -1.59. The zero-order valence-corrected chi connectivity index (χ0v) is 7.34. The molecule has 0 amide bonds. The van der Waals surface area contributed by atoms with Gasteiger partial charge in [0.1, 0.15) is 5.69 Å². The van der Waals surface area contributed by atoms with Crippen molar-refractivity contribution in [2.45, 2.75) is 0 Å². The summed E-state index contributed by atoms with van der Waals surface area (Å²) in [7, 11) is 5.37. The summed E-state index contributed by atoms with van der Waals surface area (Å²) < 4.78 is 0. The van der Waals surface area contributed by atoms with Crippen molar-refractivity contribution in [2.24, 2.45) is 0 Å². The molecule has 66 valence electrons. The molecule has 0 aliphatic rings. The molecule has 0 aliphatic heterocycles. The molecule has 0 saturated heterocycles. The van der Waals surface area contributed by atoms with E-state index in [1.807, 2.05) is 0 Å². The number of hydrogen-bond donors (Lipinski definition) is 3. The second kappa shape index (κ2) is 3.70. The Morgan fingerprint density at radius 3 is 1.67 bits per heavy atom. The molecule has 0 unspecified atom stereocenters. The van der Waals surface area contributed by atoms with Gasteiger partial charge in [0.15, 0.2) is 11.6 Å². The van der Waals surface area contributed by atoms with Crippen LogP contribution in [0.1, 0.15) is 0 Å². The summed E-state index contributed by atoms with van der Waals surface area (Å²) in [5, 5.41) is 20.0. The smallest absolute Gasteiger partial charge is 0.177 e. The van der Waals surface area contributed by atoms with E-state index in [9.17, 15) is 0 Å². The van der Waals surface area contributed by atoms with Gasteiger partial charge in [-0.3, -0.25) is 0 Å². The third kappa shape index (κ3) is 1.36. The van der Waals surface area contributed by atoms with Crippen molar-refractivity contribution < 1.29 is 0 Å². The first-order valence-corrected chi connectivity index (χ1v) is 3.60. The van der Waals surface area contributed by atoms with Crippen molar-refractivity contribution in [1.29, 1.82) is 0 Å². The van der Waals surface area contributed by atoms with Gasteiger partial charge in [0.05, 0.1) is 0 Å². The average molecular weight is 168 g/mol. The van der Waals surface area contributed by atoms with E-state index in [0.717, 1.165) is 5.69 Å². The molecule has 0 radical (unpaired) electrons. The maximum Gasteiger partial charge on any atom is 0.177 e. The van der Waals surface area contributed by atoms with E-state index in [1.165, 1.54) is 0 Å². The molecule has 0 aromatic carbocycles. The quantitative estimate of drug-likeness (QED) is 0.589. The van der Waals surface area contributed by atoms with Gasteiger partial charge in [0.25, 0.3) is 0 Å². The summed E-state index contributed by atoms with van der Waals surface area (Å²) in [5.41, 5.74) is 0.815. The molecule has 3 N–H and O–H groups in total. The van der Waals surface area contributed by atoms with Crippen LogP contribution in [-0.4, -0.2) is 36.6 Å². The van der Waals surface area contributed by atoms with E-state index in [2.05, 4.69) is 31.4 Å². The molecule has 12 heavy (non-hydrogen) atoms. The summed E-state index contributed by atoms with van der Waals surface area (Å²) in [6, 6.07) is 0. The van der Waals surface area contributed by atoms with Gasteiger partial charge in [-0.15, -0.1) is 10.2 Å². The van der Waals surface area contributed by atoms with Crippen LogP contribution in [0, 0.1) is 0 Å². The molecular weight excluding hydrogens is 156 g/mol. The molecule has 1 heterocycles. The SMILES string of the molecule is CNc1nnnc(NC)c1NC. The highest BCUT2D eigenvalue weighted by Crippen LogP contribution is 2.23. The molecule has 0 fully saturated rings. The van der Waals surface area contributed by atoms with Gasteiger partial charge in [0, 0.05) is 21.1 Å². The van der Waals surface area contributed by atoms with E-state index in [-0.39, 0.29) is 0 Å². The lowest BCUT2D eigenvalue weighted by Gasteiger charge is -2.09. The van der Waals surface area contributed by atoms with Crippen LogP contribution in [0.3, 0.4) is 0 Å². The minimum absolute atomic E-state index is 0.678. The summed E-state index contributed by atoms with van der Waals surface area (Å²) >= 11 is 0. The van der Waals surface area contributed by atoms with Crippen molar-refractivity contribution in [3.63, 3.8) is 0 Å². The second-order valence-electron chi connectivity index (χ2n) is 2.11. The number of anilines is 3. The molecule has 1 aromatic heterocycles. The first-order chi connectivity index (χ1) is 5.83. The standard InChI is InChI=1S/C6H12N6/c1-7-4-5(8-2)10-12-11-6(4)9-3/h1-3H3,(H,7,12)(H2,8,9,10,11). The summed E-state index contributed by atoms with van der Waals surface area (Å²) in [5.74, 6) is 1.36. The van der Waals surface area contributed by atoms with Crippen LogP contribution in [0.25, 0.3) is 0 Å². The van der Waals surface area contributed by atoms with Crippen LogP contribution >= 0.6 is 0 Å². The lowest BCUT2D eigenvalue weighted by Crippen LogP contribution is -2.07. The van der Waals surface area contributed by atoms with Crippen LogP contribution in [0.2, 0.25) is 0 Å². The maximum atomic E-state index is 3.80. The van der Waals surface area contributed by atoms with Crippen LogP contribution in [-0.2, 0) is 0 Å². The maximum absolute atomic E-state index is 3.80. The molecule has 0 atom stereocenters. The lowest BCUT2D eigenvalue weighted by molar-refractivity contribution is 0.874. The van der Waals surface area contributed by atoms with E-state index < -0.39 is 0 Å². The van der Waals surface area contributed by atoms with E-state index in [0.29, 0.717) is 11.6 Å². The first kappa shape index (κ1) is 8.51. The number of hydrogen-bond acceptors (Lipinski definition) is 6. The van der Waals surface area contributed by atoms with Gasteiger partial charge in [-0.1, -0.05) is 0 Å². The number of rotatable bonds is 3. The Bertz CT molecular complexity index is 238. The van der Waals surface area contributed by atoms with Crippen molar-refractivity contribution in [3.05, 3.63) is 0 Å². The average Bonchev–Trinajstić information content (AvgIpc) is 2.16. The highest BCUT2D eigenvalue weighted by molar-refractivity contribution is 5.75. The second-order valence-corrected chi connectivity index (χ2v) is 2.11. The van der Waals surface area contributed by atoms with Crippen LogP contribution in [0.4, 0.5) is 17.3 Å². The molecule has 1 rings (SSSR count). The Morgan fingerprint density at radius 1 is 0.833 bits per heavy atom. The fourth-order valence-corrected chi connectivity index (χ4v) is 0.911. The summed E-state index contributed by atoms with van der Waals surface area (Å²) in [4.78, 5) is 0. The monoisotopic (exact) mass is 168 g/mol. The highest BCUT2D eigenvalue weighted by atomic mass is 15.4. The van der Waals surface area contributed by atoms with Gasteiger partial charge in [-0.2, -0.15) is 0 Å². The van der Waals surface area contributed by atoms with Crippen LogP contribution < -0.4 is 16.0 Å². The molecule has 6 heteroatoms. The molecule has 6 nitrogen and oxygen atoms in total. The van der Waals surface area contributed by atoms with E-state index in [4.69, 9.17) is 0 Å². The van der Waals surface area contributed by atoms with Crippen molar-refractivity contribution in [1.82, 2.24) is 15.4 Å². The van der Waals surface area contributed by atoms with Gasteiger partial charge >= 0.3 is 0 Å². The molecule has 0 bridgehead atoms. The fourth-order valence-electron chi connectivity index (χ4n) is 0.911.